The molecule has 1 aromatic heterocycles. The number of aryl methyl sites for hydroxylation is 2. The first-order valence-corrected chi connectivity index (χ1v) is 8.38. The van der Waals surface area contributed by atoms with E-state index in [-0.39, 0.29) is 5.78 Å². The monoisotopic (exact) mass is 348 g/mol. The molecule has 1 atom stereocenters. The standard InChI is InChI=1S/C21H20N2O3/c1-14-4-6-17(7-5-14)20(24)16(3)26-21(25)18-8-10-19(11-9-18)23-15(2)12-13-22-23/h4-13,16H,1-3H3/t16-/m0/s1. The predicted octanol–water partition coefficient (Wildman–Crippen LogP) is 3.92. The van der Waals surface area contributed by atoms with Crippen LogP contribution < -0.4 is 0 Å². The van der Waals surface area contributed by atoms with Crippen LogP contribution in [0.1, 0.15) is 38.9 Å². The maximum absolute atomic E-state index is 12.4. The van der Waals surface area contributed by atoms with Crippen molar-refractivity contribution < 1.29 is 14.3 Å². The third-order valence-corrected chi connectivity index (χ3v) is 4.17. The summed E-state index contributed by atoms with van der Waals surface area (Å²) < 4.78 is 7.10. The minimum Gasteiger partial charge on any atom is -0.451 e. The number of Topliss-reactive ketones (excluding diaryl/α,β-unsaturated/α-hetero) is 1. The molecule has 3 aromatic rings. The van der Waals surface area contributed by atoms with E-state index in [0.29, 0.717) is 11.1 Å². The van der Waals surface area contributed by atoms with Crippen LogP contribution in [-0.2, 0) is 4.74 Å². The van der Waals surface area contributed by atoms with E-state index in [1.165, 1.54) is 0 Å². The Morgan fingerprint density at radius 1 is 0.923 bits per heavy atom. The fourth-order valence-electron chi connectivity index (χ4n) is 2.61. The Labute approximate surface area is 152 Å². The third-order valence-electron chi connectivity index (χ3n) is 4.17. The maximum Gasteiger partial charge on any atom is 0.338 e. The van der Waals surface area contributed by atoms with Crippen LogP contribution in [0.5, 0.6) is 0 Å². The van der Waals surface area contributed by atoms with E-state index in [0.717, 1.165) is 16.9 Å². The lowest BCUT2D eigenvalue weighted by molar-refractivity contribution is 0.0319. The summed E-state index contributed by atoms with van der Waals surface area (Å²) in [6.45, 7) is 5.49. The van der Waals surface area contributed by atoms with Gasteiger partial charge in [-0.2, -0.15) is 5.10 Å². The van der Waals surface area contributed by atoms with Gasteiger partial charge in [0.1, 0.15) is 0 Å². The van der Waals surface area contributed by atoms with Gasteiger partial charge in [-0.25, -0.2) is 9.48 Å². The molecule has 26 heavy (non-hydrogen) atoms. The summed E-state index contributed by atoms with van der Waals surface area (Å²) >= 11 is 0. The van der Waals surface area contributed by atoms with Gasteiger partial charge in [-0.3, -0.25) is 4.79 Å². The van der Waals surface area contributed by atoms with E-state index in [9.17, 15) is 9.59 Å². The van der Waals surface area contributed by atoms with Gasteiger partial charge in [0.05, 0.1) is 11.3 Å². The number of benzene rings is 2. The lowest BCUT2D eigenvalue weighted by Crippen LogP contribution is -2.24. The topological polar surface area (TPSA) is 61.2 Å². The van der Waals surface area contributed by atoms with E-state index in [4.69, 9.17) is 4.74 Å². The third kappa shape index (κ3) is 3.72. The van der Waals surface area contributed by atoms with Crippen LogP contribution in [0.4, 0.5) is 0 Å². The largest absolute Gasteiger partial charge is 0.451 e. The van der Waals surface area contributed by atoms with E-state index in [2.05, 4.69) is 5.10 Å². The summed E-state index contributed by atoms with van der Waals surface area (Å²) in [4.78, 5) is 24.7. The number of nitrogens with zero attached hydrogens (tertiary/aromatic N) is 2. The summed E-state index contributed by atoms with van der Waals surface area (Å²) in [6, 6.07) is 16.0. The van der Waals surface area contributed by atoms with Crippen molar-refractivity contribution >= 4 is 11.8 Å². The number of aromatic nitrogens is 2. The Kier molecular flexibility index (Phi) is 4.98. The molecular weight excluding hydrogens is 328 g/mol. The minimum absolute atomic E-state index is 0.220. The summed E-state index contributed by atoms with van der Waals surface area (Å²) in [5.41, 5.74) is 3.84. The van der Waals surface area contributed by atoms with Crippen molar-refractivity contribution in [1.82, 2.24) is 9.78 Å². The van der Waals surface area contributed by atoms with Gasteiger partial charge in [0.15, 0.2) is 6.10 Å². The van der Waals surface area contributed by atoms with Gasteiger partial charge >= 0.3 is 5.97 Å². The van der Waals surface area contributed by atoms with Crippen LogP contribution in [0.3, 0.4) is 0 Å². The highest BCUT2D eigenvalue weighted by Crippen LogP contribution is 2.14. The van der Waals surface area contributed by atoms with Gasteiger partial charge < -0.3 is 4.74 Å². The zero-order chi connectivity index (χ0) is 18.7. The van der Waals surface area contributed by atoms with Gasteiger partial charge in [-0.15, -0.1) is 0 Å². The quantitative estimate of drug-likeness (QED) is 0.518. The highest BCUT2D eigenvalue weighted by Gasteiger charge is 2.20. The lowest BCUT2D eigenvalue weighted by Gasteiger charge is -2.13. The molecule has 0 saturated carbocycles. The first-order chi connectivity index (χ1) is 12.5. The Morgan fingerprint density at radius 3 is 2.12 bits per heavy atom. The molecule has 0 unspecified atom stereocenters. The van der Waals surface area contributed by atoms with Crippen LogP contribution in [0, 0.1) is 13.8 Å². The Balaban J connectivity index is 1.68. The van der Waals surface area contributed by atoms with Crippen molar-refractivity contribution in [3.05, 3.63) is 83.2 Å². The molecule has 5 heteroatoms. The van der Waals surface area contributed by atoms with Crippen molar-refractivity contribution in [2.45, 2.75) is 26.9 Å². The zero-order valence-corrected chi connectivity index (χ0v) is 15.0. The number of ether oxygens (including phenoxy) is 1. The average Bonchev–Trinajstić information content (AvgIpc) is 3.07. The Morgan fingerprint density at radius 2 is 1.54 bits per heavy atom. The molecule has 3 rings (SSSR count). The fourth-order valence-corrected chi connectivity index (χ4v) is 2.61. The number of hydrogen-bond donors (Lipinski definition) is 0. The summed E-state index contributed by atoms with van der Waals surface area (Å²) in [6.07, 6.45) is 0.869. The molecule has 0 fully saturated rings. The van der Waals surface area contributed by atoms with E-state index in [1.807, 2.05) is 32.0 Å². The number of rotatable bonds is 5. The van der Waals surface area contributed by atoms with Crippen molar-refractivity contribution in [3.8, 4) is 5.69 Å². The van der Waals surface area contributed by atoms with Crippen LogP contribution >= 0.6 is 0 Å². The molecule has 0 radical (unpaired) electrons. The van der Waals surface area contributed by atoms with Gasteiger partial charge in [-0.05, 0) is 51.1 Å². The van der Waals surface area contributed by atoms with Crippen LogP contribution in [0.2, 0.25) is 0 Å². The van der Waals surface area contributed by atoms with Crippen LogP contribution in [0.15, 0.2) is 60.8 Å². The number of esters is 1. The molecular formula is C21H20N2O3. The number of carbonyl (C=O) groups is 2. The van der Waals surface area contributed by atoms with Gasteiger partial charge in [0.2, 0.25) is 5.78 Å². The molecule has 0 aliphatic heterocycles. The maximum atomic E-state index is 12.4. The summed E-state index contributed by atoms with van der Waals surface area (Å²) in [5, 5.41) is 4.23. The first kappa shape index (κ1) is 17.6. The average molecular weight is 348 g/mol. The normalized spacial score (nSPS) is 11.8. The van der Waals surface area contributed by atoms with Gasteiger partial charge in [0.25, 0.3) is 0 Å². The molecule has 0 aliphatic rings. The Hall–Kier alpha value is -3.21. The highest BCUT2D eigenvalue weighted by atomic mass is 16.5. The number of ketones is 1. The van der Waals surface area contributed by atoms with Crippen molar-refractivity contribution in [1.29, 1.82) is 0 Å². The molecule has 5 nitrogen and oxygen atoms in total. The smallest absolute Gasteiger partial charge is 0.338 e. The van der Waals surface area contributed by atoms with E-state index >= 15 is 0 Å². The molecule has 0 amide bonds. The predicted molar refractivity (Wildman–Crippen MR) is 98.7 cm³/mol. The molecule has 0 spiro atoms. The van der Waals surface area contributed by atoms with E-state index in [1.54, 1.807) is 54.2 Å². The van der Waals surface area contributed by atoms with Crippen molar-refractivity contribution in [2.75, 3.05) is 0 Å². The summed E-state index contributed by atoms with van der Waals surface area (Å²) in [7, 11) is 0. The molecule has 0 saturated heterocycles. The second-order valence-corrected chi connectivity index (χ2v) is 6.21. The lowest BCUT2D eigenvalue weighted by atomic mass is 10.1. The van der Waals surface area contributed by atoms with Crippen molar-refractivity contribution in [2.24, 2.45) is 0 Å². The molecule has 1 heterocycles. The first-order valence-electron chi connectivity index (χ1n) is 8.38. The zero-order valence-electron chi connectivity index (χ0n) is 15.0. The molecule has 0 bridgehead atoms. The second kappa shape index (κ2) is 7.35. The molecule has 2 aromatic carbocycles. The second-order valence-electron chi connectivity index (χ2n) is 6.21. The molecule has 0 N–H and O–H groups in total. The fraction of sp³-hybridized carbons (Fsp3) is 0.190. The summed E-state index contributed by atoms with van der Waals surface area (Å²) in [5.74, 6) is -0.746. The van der Waals surface area contributed by atoms with Crippen molar-refractivity contribution in [3.63, 3.8) is 0 Å². The van der Waals surface area contributed by atoms with Gasteiger partial charge in [0, 0.05) is 17.5 Å². The number of carbonyl (C=O) groups excluding carboxylic acids is 2. The molecule has 0 aliphatic carbocycles. The van der Waals surface area contributed by atoms with Gasteiger partial charge in [-0.1, -0.05) is 29.8 Å². The van der Waals surface area contributed by atoms with E-state index < -0.39 is 12.1 Å². The number of hydrogen-bond acceptors (Lipinski definition) is 4. The highest BCUT2D eigenvalue weighted by molar-refractivity contribution is 6.01. The SMILES string of the molecule is Cc1ccc(C(=O)[C@H](C)OC(=O)c2ccc(-n3nccc3C)cc2)cc1. The minimum atomic E-state index is -0.849. The van der Waals surface area contributed by atoms with Crippen LogP contribution in [0.25, 0.3) is 5.69 Å². The van der Waals surface area contributed by atoms with Crippen LogP contribution in [-0.4, -0.2) is 27.6 Å². The Bertz CT molecular complexity index is 925. The molecule has 132 valence electrons.